The molecular formula is C22H17N7O3. The molecule has 0 unspecified atom stereocenters. The van der Waals surface area contributed by atoms with E-state index in [1.54, 1.807) is 29.4 Å². The third kappa shape index (κ3) is 3.27. The molecule has 4 aromatic rings. The summed E-state index contributed by atoms with van der Waals surface area (Å²) >= 11 is 0. The van der Waals surface area contributed by atoms with E-state index in [4.69, 9.17) is 0 Å². The van der Waals surface area contributed by atoms with Crippen molar-refractivity contribution in [2.45, 2.75) is 20.0 Å². The number of fused-ring (bicyclic) bond motifs is 1. The van der Waals surface area contributed by atoms with Crippen molar-refractivity contribution in [1.82, 2.24) is 29.9 Å². The van der Waals surface area contributed by atoms with E-state index < -0.39 is 5.97 Å². The van der Waals surface area contributed by atoms with Crippen LogP contribution in [0.25, 0.3) is 22.8 Å². The minimum absolute atomic E-state index is 0.0318. The number of nitrogens with zero attached hydrogens (tertiary/aromatic N) is 7. The molecule has 1 aliphatic rings. The Kier molecular flexibility index (Phi) is 4.66. The molecule has 0 bridgehead atoms. The van der Waals surface area contributed by atoms with Crippen molar-refractivity contribution in [3.05, 3.63) is 71.7 Å². The molecule has 0 aliphatic carbocycles. The zero-order valence-corrected chi connectivity index (χ0v) is 17.0. The highest BCUT2D eigenvalue weighted by Gasteiger charge is 2.30. The van der Waals surface area contributed by atoms with Crippen LogP contribution in [0.2, 0.25) is 0 Å². The fraction of sp³-hybridized carbons (Fsp3) is 0.136. The van der Waals surface area contributed by atoms with Gasteiger partial charge in [-0.05, 0) is 36.8 Å². The lowest BCUT2D eigenvalue weighted by molar-refractivity contribution is 0.0696. The third-order valence-electron chi connectivity index (χ3n) is 5.31. The van der Waals surface area contributed by atoms with Crippen LogP contribution in [0.15, 0.2) is 55.0 Å². The second kappa shape index (κ2) is 7.65. The lowest BCUT2D eigenvalue weighted by Crippen LogP contribution is -2.24. The highest BCUT2D eigenvalue weighted by molar-refractivity contribution is 6.10. The molecule has 1 N–H and O–H groups in total. The molecule has 0 radical (unpaired) electrons. The van der Waals surface area contributed by atoms with Gasteiger partial charge in [-0.1, -0.05) is 18.2 Å². The fourth-order valence-electron chi connectivity index (χ4n) is 3.65. The van der Waals surface area contributed by atoms with Crippen molar-refractivity contribution >= 4 is 17.7 Å². The SMILES string of the molecule is CCn1cnnc1-c1cccc(N2Cc3ccc(-c4cc(C(=O)O)cnn4)cc3C2=O)n1. The summed E-state index contributed by atoms with van der Waals surface area (Å²) < 4.78 is 1.88. The lowest BCUT2D eigenvalue weighted by atomic mass is 10.0. The predicted molar refractivity (Wildman–Crippen MR) is 114 cm³/mol. The fourth-order valence-corrected chi connectivity index (χ4v) is 3.65. The van der Waals surface area contributed by atoms with Crippen molar-refractivity contribution in [2.24, 2.45) is 0 Å². The smallest absolute Gasteiger partial charge is 0.337 e. The molecule has 4 heterocycles. The number of aromatic nitrogens is 6. The summed E-state index contributed by atoms with van der Waals surface area (Å²) in [5.74, 6) is -0.124. The van der Waals surface area contributed by atoms with Crippen molar-refractivity contribution in [2.75, 3.05) is 4.90 Å². The predicted octanol–water partition coefficient (Wildman–Crippen LogP) is 2.68. The van der Waals surface area contributed by atoms with Gasteiger partial charge in [0.05, 0.1) is 24.0 Å². The molecule has 0 saturated heterocycles. The van der Waals surface area contributed by atoms with Crippen molar-refractivity contribution in [3.63, 3.8) is 0 Å². The molecular weight excluding hydrogens is 410 g/mol. The Morgan fingerprint density at radius 2 is 1.97 bits per heavy atom. The van der Waals surface area contributed by atoms with E-state index >= 15 is 0 Å². The number of pyridine rings is 1. The summed E-state index contributed by atoms with van der Waals surface area (Å²) in [5.41, 5.74) is 3.04. The van der Waals surface area contributed by atoms with Crippen LogP contribution in [0.4, 0.5) is 5.82 Å². The number of carboxylic acid groups (broad SMARTS) is 1. The van der Waals surface area contributed by atoms with Gasteiger partial charge in [0.25, 0.3) is 5.91 Å². The molecule has 1 amide bonds. The van der Waals surface area contributed by atoms with E-state index in [0.29, 0.717) is 47.2 Å². The van der Waals surface area contributed by atoms with Crippen LogP contribution in [0.1, 0.15) is 33.2 Å². The Labute approximate surface area is 182 Å². The van der Waals surface area contributed by atoms with Crippen LogP contribution in [-0.2, 0) is 13.1 Å². The van der Waals surface area contributed by atoms with Crippen LogP contribution in [0, 0.1) is 0 Å². The number of hydrogen-bond donors (Lipinski definition) is 1. The Bertz CT molecular complexity index is 1370. The monoisotopic (exact) mass is 427 g/mol. The molecule has 1 aliphatic heterocycles. The molecule has 32 heavy (non-hydrogen) atoms. The third-order valence-corrected chi connectivity index (χ3v) is 5.31. The normalized spacial score (nSPS) is 12.8. The second-order valence-corrected chi connectivity index (χ2v) is 7.22. The first-order chi connectivity index (χ1) is 15.5. The molecule has 3 aromatic heterocycles. The van der Waals surface area contributed by atoms with Gasteiger partial charge >= 0.3 is 5.97 Å². The second-order valence-electron chi connectivity index (χ2n) is 7.22. The largest absolute Gasteiger partial charge is 0.478 e. The average molecular weight is 427 g/mol. The van der Waals surface area contributed by atoms with Gasteiger partial charge in [-0.15, -0.1) is 10.2 Å². The highest BCUT2D eigenvalue weighted by atomic mass is 16.4. The minimum atomic E-state index is -1.09. The summed E-state index contributed by atoms with van der Waals surface area (Å²) in [6.07, 6.45) is 2.83. The van der Waals surface area contributed by atoms with Crippen molar-refractivity contribution < 1.29 is 14.7 Å². The van der Waals surface area contributed by atoms with Gasteiger partial charge in [-0.2, -0.15) is 10.2 Å². The summed E-state index contributed by atoms with van der Waals surface area (Å²) in [6.45, 7) is 3.08. The van der Waals surface area contributed by atoms with Crippen LogP contribution in [-0.4, -0.2) is 46.9 Å². The first kappa shape index (κ1) is 19.5. The Morgan fingerprint density at radius 1 is 1.09 bits per heavy atom. The summed E-state index contributed by atoms with van der Waals surface area (Å²) in [7, 11) is 0. The van der Waals surface area contributed by atoms with E-state index in [-0.39, 0.29) is 11.5 Å². The molecule has 0 spiro atoms. The van der Waals surface area contributed by atoms with Crippen LogP contribution < -0.4 is 4.90 Å². The van der Waals surface area contributed by atoms with E-state index in [0.717, 1.165) is 5.56 Å². The van der Waals surface area contributed by atoms with Crippen LogP contribution in [0.3, 0.4) is 0 Å². The number of rotatable bonds is 5. The number of carboxylic acids is 1. The minimum Gasteiger partial charge on any atom is -0.478 e. The maximum Gasteiger partial charge on any atom is 0.337 e. The number of aromatic carboxylic acids is 1. The summed E-state index contributed by atoms with van der Waals surface area (Å²) in [4.78, 5) is 30.7. The molecule has 0 saturated carbocycles. The van der Waals surface area contributed by atoms with E-state index in [1.807, 2.05) is 29.7 Å². The van der Waals surface area contributed by atoms with E-state index in [9.17, 15) is 14.7 Å². The van der Waals surface area contributed by atoms with Crippen molar-refractivity contribution in [1.29, 1.82) is 0 Å². The highest BCUT2D eigenvalue weighted by Crippen LogP contribution is 2.31. The summed E-state index contributed by atoms with van der Waals surface area (Å²) in [5, 5.41) is 25.0. The van der Waals surface area contributed by atoms with Gasteiger partial charge in [-0.25, -0.2) is 9.78 Å². The molecule has 5 rings (SSSR count). The quantitative estimate of drug-likeness (QED) is 0.515. The average Bonchev–Trinajstić information content (AvgIpc) is 3.43. The molecule has 10 heteroatoms. The standard InChI is InChI=1S/C22H17N7O3/c1-2-28-12-24-27-20(28)17-4-3-5-19(25-17)29-11-14-7-6-13(8-16(14)21(29)30)18-9-15(22(31)32)10-23-26-18/h3-10,12H,2,11H2,1H3,(H,31,32). The van der Waals surface area contributed by atoms with E-state index in [2.05, 4.69) is 25.4 Å². The van der Waals surface area contributed by atoms with Crippen molar-refractivity contribution in [3.8, 4) is 22.8 Å². The number of carbonyl (C=O) groups excluding carboxylic acids is 1. The van der Waals surface area contributed by atoms with Gasteiger partial charge in [0, 0.05) is 17.7 Å². The molecule has 10 nitrogen and oxygen atoms in total. The number of anilines is 1. The summed E-state index contributed by atoms with van der Waals surface area (Å²) in [6, 6.07) is 12.2. The topological polar surface area (TPSA) is 127 Å². The Hall–Kier alpha value is -4.47. The molecule has 158 valence electrons. The zero-order valence-electron chi connectivity index (χ0n) is 17.0. The molecule has 0 fully saturated rings. The van der Waals surface area contributed by atoms with Crippen LogP contribution in [0.5, 0.6) is 0 Å². The van der Waals surface area contributed by atoms with Gasteiger partial charge in [-0.3, -0.25) is 9.69 Å². The lowest BCUT2D eigenvalue weighted by Gasteiger charge is -2.15. The van der Waals surface area contributed by atoms with E-state index in [1.165, 1.54) is 12.3 Å². The van der Waals surface area contributed by atoms with Gasteiger partial charge in [0.1, 0.15) is 17.8 Å². The number of benzene rings is 1. The Morgan fingerprint density at radius 3 is 2.78 bits per heavy atom. The van der Waals surface area contributed by atoms with Gasteiger partial charge < -0.3 is 9.67 Å². The number of hydrogen-bond acceptors (Lipinski definition) is 7. The zero-order chi connectivity index (χ0) is 22.2. The maximum atomic E-state index is 13.2. The number of amides is 1. The number of aryl methyl sites for hydroxylation is 1. The number of carbonyl (C=O) groups is 2. The first-order valence-corrected chi connectivity index (χ1v) is 9.91. The van der Waals surface area contributed by atoms with Gasteiger partial charge in [0.15, 0.2) is 5.82 Å². The molecule has 1 aromatic carbocycles. The molecule has 0 atom stereocenters. The van der Waals surface area contributed by atoms with Crippen LogP contribution >= 0.6 is 0 Å². The first-order valence-electron chi connectivity index (χ1n) is 9.91. The van der Waals surface area contributed by atoms with Gasteiger partial charge in [0.2, 0.25) is 0 Å². The Balaban J connectivity index is 1.47. The maximum absolute atomic E-state index is 13.2.